The largest absolute Gasteiger partial charge is 0.504 e. The summed E-state index contributed by atoms with van der Waals surface area (Å²) in [7, 11) is 1.70. The van der Waals surface area contributed by atoms with Crippen LogP contribution in [-0.4, -0.2) is 18.7 Å². The first kappa shape index (κ1) is 11.2. The number of rotatable bonds is 3. The van der Waals surface area contributed by atoms with Crippen molar-refractivity contribution in [1.29, 1.82) is 0 Å². The Balaban J connectivity index is 3.06. The number of likely N-dealkylation sites (N-methyl/N-ethyl adjacent to an activating group) is 1. The fraction of sp³-hybridized carbons (Fsp3) is 0.333. The van der Waals surface area contributed by atoms with Crippen LogP contribution in [0.5, 0.6) is 5.75 Å². The molecule has 5 heteroatoms. The zero-order valence-corrected chi connectivity index (χ0v) is 8.33. The predicted octanol–water partition coefficient (Wildman–Crippen LogP) is 2.09. The van der Waals surface area contributed by atoms with Crippen molar-refractivity contribution in [3.63, 3.8) is 0 Å². The molecular formula is C9H10ClF2NO. The monoisotopic (exact) mass is 221 g/mol. The molecule has 0 amide bonds. The normalized spacial score (nSPS) is 10.6. The standard InChI is InChI=1S/C9H10ClF2NO/c1-13-3-2-5-4-6(10)9(14)8(12)7(5)11/h4,13-14H,2-3H2,1H3. The van der Waals surface area contributed by atoms with E-state index in [-0.39, 0.29) is 10.6 Å². The Morgan fingerprint density at radius 1 is 1.43 bits per heavy atom. The lowest BCUT2D eigenvalue weighted by Gasteiger charge is -2.06. The maximum atomic E-state index is 13.1. The second-order valence-corrected chi connectivity index (χ2v) is 3.25. The molecule has 2 N–H and O–H groups in total. The van der Waals surface area contributed by atoms with Crippen LogP contribution in [0.1, 0.15) is 5.56 Å². The van der Waals surface area contributed by atoms with E-state index in [0.29, 0.717) is 13.0 Å². The van der Waals surface area contributed by atoms with Crippen LogP contribution in [-0.2, 0) is 6.42 Å². The molecule has 14 heavy (non-hydrogen) atoms. The maximum absolute atomic E-state index is 13.1. The quantitative estimate of drug-likeness (QED) is 0.766. The van der Waals surface area contributed by atoms with Crippen LogP contribution in [0.25, 0.3) is 0 Å². The highest BCUT2D eigenvalue weighted by Gasteiger charge is 2.16. The first-order valence-electron chi connectivity index (χ1n) is 4.08. The molecule has 1 aromatic carbocycles. The van der Waals surface area contributed by atoms with Gasteiger partial charge in [-0.2, -0.15) is 4.39 Å². The van der Waals surface area contributed by atoms with Crippen LogP contribution in [0.3, 0.4) is 0 Å². The molecule has 0 aliphatic carbocycles. The molecule has 0 atom stereocenters. The van der Waals surface area contributed by atoms with Crippen molar-refractivity contribution < 1.29 is 13.9 Å². The Morgan fingerprint density at radius 2 is 2.07 bits per heavy atom. The van der Waals surface area contributed by atoms with Crippen molar-refractivity contribution >= 4 is 11.6 Å². The molecule has 0 saturated carbocycles. The molecule has 0 bridgehead atoms. The van der Waals surface area contributed by atoms with E-state index in [1.54, 1.807) is 7.05 Å². The zero-order valence-electron chi connectivity index (χ0n) is 7.57. The molecule has 1 aromatic rings. The predicted molar refractivity (Wildman–Crippen MR) is 50.7 cm³/mol. The molecule has 78 valence electrons. The van der Waals surface area contributed by atoms with Gasteiger partial charge in [0.05, 0.1) is 5.02 Å². The minimum Gasteiger partial charge on any atom is -0.504 e. The van der Waals surface area contributed by atoms with E-state index >= 15 is 0 Å². The summed E-state index contributed by atoms with van der Waals surface area (Å²) in [5, 5.41) is 11.6. The van der Waals surface area contributed by atoms with Gasteiger partial charge in [0.2, 0.25) is 5.82 Å². The molecule has 0 spiro atoms. The number of phenols is 1. The van der Waals surface area contributed by atoms with E-state index in [9.17, 15) is 8.78 Å². The molecule has 0 radical (unpaired) electrons. The Labute approximate surface area is 85.5 Å². The molecule has 2 nitrogen and oxygen atoms in total. The van der Waals surface area contributed by atoms with Crippen LogP contribution in [0.15, 0.2) is 6.07 Å². The van der Waals surface area contributed by atoms with Gasteiger partial charge in [-0.15, -0.1) is 0 Å². The third kappa shape index (κ3) is 2.13. The zero-order chi connectivity index (χ0) is 10.7. The molecule has 0 fully saturated rings. The summed E-state index contributed by atoms with van der Waals surface area (Å²) < 4.78 is 26.1. The van der Waals surface area contributed by atoms with Gasteiger partial charge in [0.25, 0.3) is 0 Å². The second-order valence-electron chi connectivity index (χ2n) is 2.85. The lowest BCUT2D eigenvalue weighted by Crippen LogP contribution is -2.11. The molecular weight excluding hydrogens is 212 g/mol. The summed E-state index contributed by atoms with van der Waals surface area (Å²) in [4.78, 5) is 0. The fourth-order valence-corrected chi connectivity index (χ4v) is 1.29. The highest BCUT2D eigenvalue weighted by atomic mass is 35.5. The van der Waals surface area contributed by atoms with Gasteiger partial charge in [0.15, 0.2) is 11.6 Å². The van der Waals surface area contributed by atoms with Crippen molar-refractivity contribution in [2.24, 2.45) is 0 Å². The molecule has 0 saturated heterocycles. The minimum absolute atomic E-state index is 0.152. The first-order chi connectivity index (χ1) is 6.57. The molecule has 0 aliphatic rings. The number of halogens is 3. The van der Waals surface area contributed by atoms with Gasteiger partial charge in [-0.1, -0.05) is 11.6 Å². The number of hydrogen-bond donors (Lipinski definition) is 2. The van der Waals surface area contributed by atoms with Crippen molar-refractivity contribution in [1.82, 2.24) is 5.32 Å². The topological polar surface area (TPSA) is 32.3 Å². The van der Waals surface area contributed by atoms with Crippen molar-refractivity contribution in [2.45, 2.75) is 6.42 Å². The molecule has 0 aliphatic heterocycles. The van der Waals surface area contributed by atoms with Gasteiger partial charge in [0.1, 0.15) is 0 Å². The van der Waals surface area contributed by atoms with Gasteiger partial charge in [-0.25, -0.2) is 4.39 Å². The van der Waals surface area contributed by atoms with Crippen molar-refractivity contribution in [3.05, 3.63) is 28.3 Å². The van der Waals surface area contributed by atoms with E-state index in [4.69, 9.17) is 16.7 Å². The van der Waals surface area contributed by atoms with E-state index < -0.39 is 17.4 Å². The average Bonchev–Trinajstić information content (AvgIpc) is 2.18. The smallest absolute Gasteiger partial charge is 0.202 e. The fourth-order valence-electron chi connectivity index (χ4n) is 1.08. The van der Waals surface area contributed by atoms with Crippen LogP contribution < -0.4 is 5.32 Å². The van der Waals surface area contributed by atoms with Crippen molar-refractivity contribution in [2.75, 3.05) is 13.6 Å². The lowest BCUT2D eigenvalue weighted by molar-refractivity contribution is 0.404. The van der Waals surface area contributed by atoms with Gasteiger partial charge in [0, 0.05) is 0 Å². The number of phenolic OH excluding ortho intramolecular Hbond substituents is 1. The third-order valence-corrected chi connectivity index (χ3v) is 2.14. The number of aromatic hydroxyl groups is 1. The molecule has 0 heterocycles. The van der Waals surface area contributed by atoms with Gasteiger partial charge >= 0.3 is 0 Å². The highest BCUT2D eigenvalue weighted by molar-refractivity contribution is 6.32. The molecule has 1 rings (SSSR count). The summed E-state index contributed by atoms with van der Waals surface area (Å²) >= 11 is 5.49. The third-order valence-electron chi connectivity index (χ3n) is 1.85. The molecule has 0 unspecified atom stereocenters. The summed E-state index contributed by atoms with van der Waals surface area (Å²) in [5.41, 5.74) is 0.152. The van der Waals surface area contributed by atoms with Gasteiger partial charge in [-0.3, -0.25) is 0 Å². The van der Waals surface area contributed by atoms with E-state index in [1.165, 1.54) is 6.07 Å². The SMILES string of the molecule is CNCCc1cc(Cl)c(O)c(F)c1F. The van der Waals surface area contributed by atoms with Crippen molar-refractivity contribution in [3.8, 4) is 5.75 Å². The lowest BCUT2D eigenvalue weighted by atomic mass is 10.1. The van der Waals surface area contributed by atoms with E-state index in [2.05, 4.69) is 5.32 Å². The number of benzene rings is 1. The van der Waals surface area contributed by atoms with E-state index in [1.807, 2.05) is 0 Å². The van der Waals surface area contributed by atoms with Crippen LogP contribution in [0.4, 0.5) is 8.78 Å². The summed E-state index contributed by atoms with van der Waals surface area (Å²) in [5.74, 6) is -3.16. The Morgan fingerprint density at radius 3 is 2.64 bits per heavy atom. The Bertz CT molecular complexity index is 344. The second kappa shape index (κ2) is 4.57. The van der Waals surface area contributed by atoms with Gasteiger partial charge < -0.3 is 10.4 Å². The highest BCUT2D eigenvalue weighted by Crippen LogP contribution is 2.30. The number of nitrogens with one attached hydrogen (secondary N) is 1. The average molecular weight is 222 g/mol. The Hall–Kier alpha value is -0.870. The van der Waals surface area contributed by atoms with E-state index in [0.717, 1.165) is 0 Å². The summed E-state index contributed by atoms with van der Waals surface area (Å²) in [6.45, 7) is 0.511. The van der Waals surface area contributed by atoms with Crippen LogP contribution in [0, 0.1) is 11.6 Å². The summed E-state index contributed by atoms with van der Waals surface area (Å²) in [6.07, 6.45) is 0.319. The van der Waals surface area contributed by atoms with Gasteiger partial charge in [-0.05, 0) is 31.6 Å². The van der Waals surface area contributed by atoms with Crippen LogP contribution >= 0.6 is 11.6 Å². The molecule has 0 aromatic heterocycles. The maximum Gasteiger partial charge on any atom is 0.202 e. The Kier molecular flexibility index (Phi) is 3.66. The van der Waals surface area contributed by atoms with Crippen LogP contribution in [0.2, 0.25) is 5.02 Å². The summed E-state index contributed by atoms with van der Waals surface area (Å²) in [6, 6.07) is 1.23. The first-order valence-corrected chi connectivity index (χ1v) is 4.45. The minimum atomic E-state index is -1.29. The number of hydrogen-bond acceptors (Lipinski definition) is 2.